The maximum atomic E-state index is 5.97. The highest BCUT2D eigenvalue weighted by atomic mass is 35.5. The van der Waals surface area contributed by atoms with Gasteiger partial charge in [-0.25, -0.2) is 0 Å². The van der Waals surface area contributed by atoms with E-state index in [2.05, 4.69) is 23.2 Å². The van der Waals surface area contributed by atoms with Gasteiger partial charge >= 0.3 is 0 Å². The summed E-state index contributed by atoms with van der Waals surface area (Å²) in [7, 11) is 0. The molecule has 1 N–H and O–H groups in total. The molecule has 1 saturated heterocycles. The summed E-state index contributed by atoms with van der Waals surface area (Å²) in [5.41, 5.74) is 0. The minimum Gasteiger partial charge on any atom is -0.313 e. The molecule has 17 heavy (non-hydrogen) atoms. The van der Waals surface area contributed by atoms with Crippen LogP contribution in [0.25, 0.3) is 0 Å². The summed E-state index contributed by atoms with van der Waals surface area (Å²) in [5, 5.41) is 6.47. The summed E-state index contributed by atoms with van der Waals surface area (Å²) in [6.45, 7) is 6.83. The fourth-order valence-corrected chi connectivity index (χ4v) is 3.55. The largest absolute Gasteiger partial charge is 0.313 e. The van der Waals surface area contributed by atoms with E-state index in [9.17, 15) is 0 Å². The topological polar surface area (TPSA) is 15.3 Å². The lowest BCUT2D eigenvalue weighted by Crippen LogP contribution is -2.37. The van der Waals surface area contributed by atoms with Crippen molar-refractivity contribution in [3.63, 3.8) is 0 Å². The van der Waals surface area contributed by atoms with Crippen LogP contribution in [-0.2, 0) is 6.54 Å². The zero-order chi connectivity index (χ0) is 12.1. The fraction of sp³-hybridized carbons (Fsp3) is 0.692. The minimum atomic E-state index is 0.692. The number of rotatable bonds is 6. The average Bonchev–Trinajstić information content (AvgIpc) is 2.91. The highest BCUT2D eigenvalue weighted by Crippen LogP contribution is 2.21. The van der Waals surface area contributed by atoms with Gasteiger partial charge in [0.05, 0.1) is 5.02 Å². The third-order valence-electron chi connectivity index (χ3n) is 3.18. The summed E-state index contributed by atoms with van der Waals surface area (Å²) in [6, 6.07) is 2.79. The Balaban J connectivity index is 1.87. The van der Waals surface area contributed by atoms with E-state index in [1.165, 1.54) is 43.8 Å². The van der Waals surface area contributed by atoms with E-state index < -0.39 is 0 Å². The minimum absolute atomic E-state index is 0.692. The van der Waals surface area contributed by atoms with Crippen molar-refractivity contribution in [2.24, 2.45) is 0 Å². The molecule has 0 saturated carbocycles. The van der Waals surface area contributed by atoms with Gasteiger partial charge in [-0.1, -0.05) is 18.5 Å². The van der Waals surface area contributed by atoms with Crippen molar-refractivity contribution in [2.75, 3.05) is 19.6 Å². The van der Waals surface area contributed by atoms with E-state index in [4.69, 9.17) is 11.6 Å². The monoisotopic (exact) mass is 272 g/mol. The van der Waals surface area contributed by atoms with Crippen LogP contribution in [0.5, 0.6) is 0 Å². The molecule has 0 spiro atoms. The maximum Gasteiger partial charge on any atom is 0.0516 e. The fourth-order valence-electron chi connectivity index (χ4n) is 2.43. The third kappa shape index (κ3) is 4.25. The number of hydrogen-bond acceptors (Lipinski definition) is 3. The molecule has 2 rings (SSSR count). The van der Waals surface area contributed by atoms with E-state index in [1.807, 2.05) is 5.38 Å². The molecule has 0 bridgehead atoms. The van der Waals surface area contributed by atoms with Crippen molar-refractivity contribution in [3.05, 3.63) is 21.3 Å². The van der Waals surface area contributed by atoms with Gasteiger partial charge in [-0.2, -0.15) is 0 Å². The van der Waals surface area contributed by atoms with Crippen molar-refractivity contribution in [1.29, 1.82) is 0 Å². The van der Waals surface area contributed by atoms with E-state index in [0.29, 0.717) is 6.04 Å². The lowest BCUT2D eigenvalue weighted by molar-refractivity contribution is 0.243. The smallest absolute Gasteiger partial charge is 0.0516 e. The molecule has 1 aliphatic heterocycles. The normalized spacial score (nSPS) is 20.3. The van der Waals surface area contributed by atoms with Crippen molar-refractivity contribution in [2.45, 2.75) is 38.8 Å². The van der Waals surface area contributed by atoms with Crippen LogP contribution in [0.1, 0.15) is 31.1 Å². The Labute approximate surface area is 113 Å². The van der Waals surface area contributed by atoms with Crippen LogP contribution in [0, 0.1) is 0 Å². The van der Waals surface area contributed by atoms with E-state index in [0.717, 1.165) is 11.6 Å². The molecule has 0 aromatic carbocycles. The first kappa shape index (κ1) is 13.3. The second-order valence-corrected chi connectivity index (χ2v) is 6.19. The molecule has 1 unspecified atom stereocenters. The van der Waals surface area contributed by atoms with Gasteiger partial charge in [0.15, 0.2) is 0 Å². The molecule has 0 aliphatic carbocycles. The number of nitrogens with one attached hydrogen (secondary N) is 1. The predicted octanol–water partition coefficient (Wildman–Crippen LogP) is 3.37. The number of halogens is 1. The van der Waals surface area contributed by atoms with Crippen LogP contribution in [0.4, 0.5) is 0 Å². The first-order chi connectivity index (χ1) is 8.28. The number of nitrogens with zero attached hydrogens (tertiary/aromatic N) is 1. The molecule has 1 aromatic heterocycles. The van der Waals surface area contributed by atoms with Gasteiger partial charge in [-0.05, 0) is 38.4 Å². The van der Waals surface area contributed by atoms with Crippen LogP contribution in [-0.4, -0.2) is 30.6 Å². The van der Waals surface area contributed by atoms with Gasteiger partial charge in [-0.3, -0.25) is 4.90 Å². The highest BCUT2D eigenvalue weighted by Gasteiger charge is 2.17. The molecular weight excluding hydrogens is 252 g/mol. The predicted molar refractivity (Wildman–Crippen MR) is 75.9 cm³/mol. The molecule has 1 atom stereocenters. The Morgan fingerprint density at radius 1 is 1.59 bits per heavy atom. The summed E-state index contributed by atoms with van der Waals surface area (Å²) >= 11 is 7.74. The van der Waals surface area contributed by atoms with Crippen LogP contribution in [0.2, 0.25) is 5.02 Å². The molecule has 1 aromatic rings. The molecular formula is C13H21ClN2S. The molecule has 0 amide bonds. The second kappa shape index (κ2) is 6.74. The molecule has 0 radical (unpaired) electrons. The van der Waals surface area contributed by atoms with E-state index in [1.54, 1.807) is 11.3 Å². The lowest BCUT2D eigenvalue weighted by atomic mass is 10.2. The molecule has 2 heterocycles. The summed E-state index contributed by atoms with van der Waals surface area (Å²) in [6.07, 6.45) is 3.87. The standard InChI is InChI=1S/C13H21ClN2S/c1-2-6-16(8-12-4-3-5-15-12)9-13-7-11(14)10-17-13/h7,10,12,15H,2-6,8-9H2,1H3. The van der Waals surface area contributed by atoms with Crippen molar-refractivity contribution < 1.29 is 0 Å². The Bertz CT molecular complexity index is 334. The Kier molecular flexibility index (Phi) is 5.29. The average molecular weight is 273 g/mol. The zero-order valence-electron chi connectivity index (χ0n) is 10.4. The molecule has 1 fully saturated rings. The van der Waals surface area contributed by atoms with E-state index >= 15 is 0 Å². The van der Waals surface area contributed by atoms with Crippen molar-refractivity contribution in [1.82, 2.24) is 10.2 Å². The summed E-state index contributed by atoms with van der Waals surface area (Å²) in [5.74, 6) is 0. The van der Waals surface area contributed by atoms with Crippen molar-refractivity contribution >= 4 is 22.9 Å². The first-order valence-corrected chi connectivity index (χ1v) is 7.72. The summed E-state index contributed by atoms with van der Waals surface area (Å²) in [4.78, 5) is 3.92. The third-order valence-corrected chi connectivity index (χ3v) is 4.45. The van der Waals surface area contributed by atoms with Crippen molar-refractivity contribution in [3.8, 4) is 0 Å². The van der Waals surface area contributed by atoms with Crippen LogP contribution in [0.3, 0.4) is 0 Å². The Hall–Kier alpha value is -0.0900. The number of hydrogen-bond donors (Lipinski definition) is 1. The quantitative estimate of drug-likeness (QED) is 0.854. The van der Waals surface area contributed by atoms with Gasteiger partial charge in [0.2, 0.25) is 0 Å². The van der Waals surface area contributed by atoms with E-state index in [-0.39, 0.29) is 0 Å². The van der Waals surface area contributed by atoms with Crippen LogP contribution >= 0.6 is 22.9 Å². The van der Waals surface area contributed by atoms with Gasteiger partial charge < -0.3 is 5.32 Å². The number of thiophene rings is 1. The van der Waals surface area contributed by atoms with Gasteiger partial charge in [-0.15, -0.1) is 11.3 Å². The Morgan fingerprint density at radius 3 is 3.06 bits per heavy atom. The maximum absolute atomic E-state index is 5.97. The van der Waals surface area contributed by atoms with Gasteiger partial charge in [0.25, 0.3) is 0 Å². The highest BCUT2D eigenvalue weighted by molar-refractivity contribution is 7.10. The molecule has 4 heteroatoms. The molecule has 2 nitrogen and oxygen atoms in total. The second-order valence-electron chi connectivity index (χ2n) is 4.76. The SMILES string of the molecule is CCCN(Cc1cc(Cl)cs1)CC1CCCN1. The van der Waals surface area contributed by atoms with Gasteiger partial charge in [0, 0.05) is 29.4 Å². The first-order valence-electron chi connectivity index (χ1n) is 6.46. The Morgan fingerprint density at radius 2 is 2.47 bits per heavy atom. The zero-order valence-corrected chi connectivity index (χ0v) is 12.0. The molecule has 1 aliphatic rings. The summed E-state index contributed by atoms with van der Waals surface area (Å²) < 4.78 is 0. The lowest BCUT2D eigenvalue weighted by Gasteiger charge is -2.24. The molecule has 96 valence electrons. The van der Waals surface area contributed by atoms with Crippen LogP contribution in [0.15, 0.2) is 11.4 Å². The van der Waals surface area contributed by atoms with Crippen LogP contribution < -0.4 is 5.32 Å². The van der Waals surface area contributed by atoms with Gasteiger partial charge in [0.1, 0.15) is 0 Å².